The first-order valence-corrected chi connectivity index (χ1v) is 10.4. The highest BCUT2D eigenvalue weighted by molar-refractivity contribution is 6.74. The van der Waals surface area contributed by atoms with Gasteiger partial charge in [0.05, 0.1) is 10.9 Å². The van der Waals surface area contributed by atoms with E-state index in [2.05, 4.69) is 38.8 Å². The second-order valence-corrected chi connectivity index (χ2v) is 11.9. The van der Waals surface area contributed by atoms with E-state index < -0.39 is 8.32 Å². The average Bonchev–Trinajstić information content (AvgIpc) is 2.41. The summed E-state index contributed by atoms with van der Waals surface area (Å²) < 4.78 is 7.42. The van der Waals surface area contributed by atoms with Crippen molar-refractivity contribution < 1.29 is 4.43 Å². The van der Waals surface area contributed by atoms with Crippen molar-refractivity contribution in [2.45, 2.75) is 51.9 Å². The maximum atomic E-state index is 12.4. The third-order valence-electron chi connectivity index (χ3n) is 4.48. The lowest BCUT2D eigenvalue weighted by Gasteiger charge is -2.38. The summed E-state index contributed by atoms with van der Waals surface area (Å²) in [5.74, 6) is 6.42. The zero-order chi connectivity index (χ0) is 16.7. The highest BCUT2D eigenvalue weighted by Crippen LogP contribution is 2.39. The summed E-state index contributed by atoms with van der Waals surface area (Å²) in [6.07, 6.45) is -0.330. The fourth-order valence-electron chi connectivity index (χ4n) is 2.12. The van der Waals surface area contributed by atoms with Gasteiger partial charge < -0.3 is 10.3 Å². The zero-order valence-electron chi connectivity index (χ0n) is 14.2. The molecule has 0 saturated heterocycles. The molecule has 22 heavy (non-hydrogen) atoms. The predicted molar refractivity (Wildman–Crippen MR) is 92.9 cm³/mol. The molecule has 0 aliphatic heterocycles. The van der Waals surface area contributed by atoms with Crippen LogP contribution in [0.15, 0.2) is 29.1 Å². The van der Waals surface area contributed by atoms with E-state index in [-0.39, 0.29) is 16.7 Å². The van der Waals surface area contributed by atoms with E-state index in [9.17, 15) is 4.79 Å². The van der Waals surface area contributed by atoms with Gasteiger partial charge in [0.25, 0.3) is 5.56 Å². The van der Waals surface area contributed by atoms with Crippen LogP contribution in [0.4, 0.5) is 0 Å². The second-order valence-electron chi connectivity index (χ2n) is 7.18. The van der Waals surface area contributed by atoms with Gasteiger partial charge in [0.1, 0.15) is 6.10 Å². The molecule has 5 nitrogen and oxygen atoms in total. The van der Waals surface area contributed by atoms with Crippen molar-refractivity contribution in [1.82, 2.24) is 9.66 Å². The molecule has 1 aromatic heterocycles. The molecule has 0 aliphatic carbocycles. The largest absolute Gasteiger partial charge is 0.407 e. The second kappa shape index (κ2) is 5.51. The molecule has 0 spiro atoms. The lowest BCUT2D eigenvalue weighted by atomic mass is 10.2. The molecule has 0 fully saturated rings. The summed E-state index contributed by atoms with van der Waals surface area (Å²) in [4.78, 5) is 16.9. The number of para-hydroxylation sites is 1. The van der Waals surface area contributed by atoms with Crippen LogP contribution < -0.4 is 11.4 Å². The fourth-order valence-corrected chi connectivity index (χ4v) is 3.46. The number of benzene rings is 1. The number of aromatic nitrogens is 2. The van der Waals surface area contributed by atoms with E-state index in [4.69, 9.17) is 10.3 Å². The molecule has 0 bridgehead atoms. The lowest BCUT2D eigenvalue weighted by molar-refractivity contribution is 0.189. The number of fused-ring (bicyclic) bond motifs is 1. The number of nitrogens with zero attached hydrogens (tertiary/aromatic N) is 2. The quantitative estimate of drug-likeness (QED) is 0.696. The summed E-state index contributed by atoms with van der Waals surface area (Å²) in [6.45, 7) is 12.8. The maximum Gasteiger partial charge on any atom is 0.279 e. The third-order valence-corrected chi connectivity index (χ3v) is 9.03. The van der Waals surface area contributed by atoms with Crippen molar-refractivity contribution in [3.05, 3.63) is 40.4 Å². The first-order chi connectivity index (χ1) is 10.0. The summed E-state index contributed by atoms with van der Waals surface area (Å²) in [7, 11) is -1.97. The van der Waals surface area contributed by atoms with Gasteiger partial charge in [-0.05, 0) is 37.2 Å². The van der Waals surface area contributed by atoms with E-state index in [0.29, 0.717) is 16.7 Å². The number of hydrogen-bond donors (Lipinski definition) is 1. The summed E-state index contributed by atoms with van der Waals surface area (Å²) in [6, 6.07) is 7.22. The van der Waals surface area contributed by atoms with Crippen molar-refractivity contribution in [3.63, 3.8) is 0 Å². The fraction of sp³-hybridized carbons (Fsp3) is 0.500. The summed E-state index contributed by atoms with van der Waals surface area (Å²) >= 11 is 0. The van der Waals surface area contributed by atoms with E-state index >= 15 is 0 Å². The van der Waals surface area contributed by atoms with Crippen LogP contribution in [0, 0.1) is 0 Å². The standard InChI is InChI=1S/C16H25N3O2Si/c1-11(21-22(5,6)16(2,3)4)14-18-13-10-8-7-9-12(13)15(20)19(14)17/h7-11H,17H2,1-6H3/t11-/m0/s1. The third kappa shape index (κ3) is 2.93. The number of hydrogen-bond acceptors (Lipinski definition) is 4. The van der Waals surface area contributed by atoms with Crippen molar-refractivity contribution in [2.75, 3.05) is 5.84 Å². The number of nitrogen functional groups attached to an aromatic ring is 1. The van der Waals surface area contributed by atoms with E-state index in [0.717, 1.165) is 4.68 Å². The Morgan fingerprint density at radius 1 is 1.27 bits per heavy atom. The van der Waals surface area contributed by atoms with Gasteiger partial charge in [-0.25, -0.2) is 9.66 Å². The molecule has 6 heteroatoms. The number of rotatable bonds is 3. The van der Waals surface area contributed by atoms with Gasteiger partial charge >= 0.3 is 0 Å². The van der Waals surface area contributed by atoms with Crippen LogP contribution in [0.2, 0.25) is 18.1 Å². The normalized spacial score (nSPS) is 14.3. The minimum absolute atomic E-state index is 0.0812. The smallest absolute Gasteiger partial charge is 0.279 e. The first-order valence-electron chi connectivity index (χ1n) is 7.49. The molecule has 0 aliphatic rings. The van der Waals surface area contributed by atoms with Crippen LogP contribution in [0.1, 0.15) is 39.6 Å². The minimum atomic E-state index is -1.97. The average molecular weight is 319 g/mol. The molecule has 0 saturated carbocycles. The van der Waals surface area contributed by atoms with Gasteiger partial charge in [-0.3, -0.25) is 4.79 Å². The molecule has 2 N–H and O–H groups in total. The molecule has 2 rings (SSSR count). The molecule has 2 aromatic rings. The van der Waals surface area contributed by atoms with Crippen molar-refractivity contribution in [2.24, 2.45) is 0 Å². The molecule has 1 atom stereocenters. The van der Waals surface area contributed by atoms with Crippen LogP contribution in [0.5, 0.6) is 0 Å². The van der Waals surface area contributed by atoms with Crippen molar-refractivity contribution >= 4 is 19.2 Å². The Hall–Kier alpha value is -1.66. The number of nitrogens with two attached hydrogens (primary N) is 1. The van der Waals surface area contributed by atoms with E-state index in [1.165, 1.54) is 0 Å². The first kappa shape index (κ1) is 16.7. The highest BCUT2D eigenvalue weighted by atomic mass is 28.4. The predicted octanol–water partition coefficient (Wildman–Crippen LogP) is 3.19. The Morgan fingerprint density at radius 3 is 2.45 bits per heavy atom. The van der Waals surface area contributed by atoms with Gasteiger partial charge in [0, 0.05) is 0 Å². The monoisotopic (exact) mass is 319 g/mol. The van der Waals surface area contributed by atoms with Crippen molar-refractivity contribution in [1.29, 1.82) is 0 Å². The lowest BCUT2D eigenvalue weighted by Crippen LogP contribution is -2.43. The van der Waals surface area contributed by atoms with Gasteiger partial charge in [0.2, 0.25) is 0 Å². The highest BCUT2D eigenvalue weighted by Gasteiger charge is 2.39. The molecular weight excluding hydrogens is 294 g/mol. The van der Waals surface area contributed by atoms with Crippen LogP contribution in [0.3, 0.4) is 0 Å². The molecule has 0 radical (unpaired) electrons. The molecular formula is C16H25N3O2Si. The summed E-state index contributed by atoms with van der Waals surface area (Å²) in [5.41, 5.74) is 0.404. The van der Waals surface area contributed by atoms with Crippen LogP contribution in [-0.4, -0.2) is 18.0 Å². The van der Waals surface area contributed by atoms with Crippen molar-refractivity contribution in [3.8, 4) is 0 Å². The Kier molecular flexibility index (Phi) is 4.19. The van der Waals surface area contributed by atoms with Crippen LogP contribution in [-0.2, 0) is 4.43 Å². The molecule has 0 unspecified atom stereocenters. The Labute approximate surface area is 132 Å². The topological polar surface area (TPSA) is 70.1 Å². The Morgan fingerprint density at radius 2 is 1.86 bits per heavy atom. The Bertz CT molecular complexity index is 747. The van der Waals surface area contributed by atoms with E-state index in [1.807, 2.05) is 19.1 Å². The molecule has 0 amide bonds. The van der Waals surface area contributed by atoms with E-state index in [1.54, 1.807) is 12.1 Å². The molecule has 120 valence electrons. The van der Waals surface area contributed by atoms with Crippen LogP contribution in [0.25, 0.3) is 10.9 Å². The van der Waals surface area contributed by atoms with Gasteiger partial charge in [-0.1, -0.05) is 32.9 Å². The maximum absolute atomic E-state index is 12.4. The summed E-state index contributed by atoms with van der Waals surface area (Å²) in [5, 5.41) is 0.603. The SMILES string of the molecule is C[C@H](O[Si](C)(C)C(C)(C)C)c1nc2ccccc2c(=O)n1N. The molecule has 1 heterocycles. The van der Waals surface area contributed by atoms with Gasteiger partial charge in [-0.2, -0.15) is 0 Å². The van der Waals surface area contributed by atoms with Gasteiger partial charge in [0.15, 0.2) is 14.1 Å². The zero-order valence-corrected chi connectivity index (χ0v) is 15.2. The van der Waals surface area contributed by atoms with Gasteiger partial charge in [-0.15, -0.1) is 0 Å². The Balaban J connectivity index is 2.47. The minimum Gasteiger partial charge on any atom is -0.407 e. The molecule has 1 aromatic carbocycles. The van der Waals surface area contributed by atoms with Crippen LogP contribution >= 0.6 is 0 Å².